The summed E-state index contributed by atoms with van der Waals surface area (Å²) in [7, 11) is 0. The third-order valence-electron chi connectivity index (χ3n) is 6.54. The molecule has 1 aromatic heterocycles. The topological polar surface area (TPSA) is 271 Å². The van der Waals surface area contributed by atoms with E-state index in [1.165, 1.54) is 12.5 Å². The summed E-state index contributed by atoms with van der Waals surface area (Å²) in [6.07, 6.45) is -1.29. The van der Waals surface area contributed by atoms with Crippen LogP contribution in [0.2, 0.25) is 0 Å². The van der Waals surface area contributed by atoms with Crippen LogP contribution < -0.4 is 16.4 Å². The first kappa shape index (κ1) is 36.9. The number of nitrogens with two attached hydrogens (primary N) is 1. The Morgan fingerprint density at radius 3 is 2.15 bits per heavy atom. The second-order valence-electron chi connectivity index (χ2n) is 10.8. The van der Waals surface area contributed by atoms with Gasteiger partial charge in [-0.25, -0.2) is 19.5 Å². The van der Waals surface area contributed by atoms with E-state index in [1.807, 2.05) is 13.8 Å². The second-order valence-corrected chi connectivity index (χ2v) is 10.8. The van der Waals surface area contributed by atoms with Crippen molar-refractivity contribution in [3.8, 4) is 0 Å². The fourth-order valence-electron chi connectivity index (χ4n) is 4.30. The molecule has 0 saturated carbocycles. The Balaban J connectivity index is 2.46. The van der Waals surface area contributed by atoms with Gasteiger partial charge >= 0.3 is 24.0 Å². The van der Waals surface area contributed by atoms with E-state index in [9.17, 15) is 48.9 Å². The van der Waals surface area contributed by atoms with Gasteiger partial charge < -0.3 is 41.4 Å². The fraction of sp³-hybridized carbons (Fsp3) is 0.448. The van der Waals surface area contributed by atoms with Crippen molar-refractivity contribution in [2.75, 3.05) is 0 Å². The number of hydrogen-bond acceptors (Lipinski definition) is 10. The lowest BCUT2D eigenvalue weighted by Gasteiger charge is -2.30. The first-order valence-corrected chi connectivity index (χ1v) is 14.2. The SMILES string of the molecule is CC(C)CC(N)C(=O)NC(CCC(=O)O)C(=O)NC(Cc1cnc[nH]1)C(=O)N(C(=O)OCc1ccccc1)C(CC(=O)O)C(=O)O. The zero-order valence-corrected chi connectivity index (χ0v) is 25.3. The molecular formula is C29H38N6O11. The van der Waals surface area contributed by atoms with Gasteiger partial charge in [-0.1, -0.05) is 44.2 Å². The van der Waals surface area contributed by atoms with Crippen LogP contribution >= 0.6 is 0 Å². The summed E-state index contributed by atoms with van der Waals surface area (Å²) >= 11 is 0. The van der Waals surface area contributed by atoms with Gasteiger partial charge in [-0.15, -0.1) is 0 Å². The van der Waals surface area contributed by atoms with Crippen LogP contribution in [0.5, 0.6) is 0 Å². The number of imide groups is 1. The Kier molecular flexibility index (Phi) is 14.3. The summed E-state index contributed by atoms with van der Waals surface area (Å²) < 4.78 is 5.18. The van der Waals surface area contributed by atoms with E-state index in [1.54, 1.807) is 30.3 Å². The van der Waals surface area contributed by atoms with Crippen LogP contribution in [0.3, 0.4) is 0 Å². The van der Waals surface area contributed by atoms with Gasteiger partial charge in [0, 0.05) is 24.7 Å². The monoisotopic (exact) mass is 646 g/mol. The number of aliphatic carboxylic acids is 3. The van der Waals surface area contributed by atoms with E-state index in [-0.39, 0.29) is 22.9 Å². The summed E-state index contributed by atoms with van der Waals surface area (Å²) in [6.45, 7) is 3.23. The summed E-state index contributed by atoms with van der Waals surface area (Å²) in [6, 6.07) is 1.62. The van der Waals surface area contributed by atoms with Crippen LogP contribution in [-0.4, -0.2) is 96.1 Å². The second kappa shape index (κ2) is 17.8. The van der Waals surface area contributed by atoms with Gasteiger partial charge in [0.2, 0.25) is 11.8 Å². The first-order valence-electron chi connectivity index (χ1n) is 14.2. The number of aromatic amines is 1. The summed E-state index contributed by atoms with van der Waals surface area (Å²) in [5, 5.41) is 33.1. The molecule has 0 saturated heterocycles. The molecule has 0 aliphatic heterocycles. The van der Waals surface area contributed by atoms with Gasteiger partial charge in [0.25, 0.3) is 5.91 Å². The van der Waals surface area contributed by atoms with Crippen LogP contribution in [0.4, 0.5) is 4.79 Å². The number of hydrogen-bond donors (Lipinski definition) is 7. The highest BCUT2D eigenvalue weighted by atomic mass is 16.6. The number of aromatic nitrogens is 2. The van der Waals surface area contributed by atoms with Crippen molar-refractivity contribution >= 4 is 41.7 Å². The van der Waals surface area contributed by atoms with Gasteiger partial charge in [0.1, 0.15) is 18.7 Å². The lowest BCUT2D eigenvalue weighted by molar-refractivity contribution is -0.154. The molecular weight excluding hydrogens is 608 g/mol. The van der Waals surface area contributed by atoms with E-state index in [2.05, 4.69) is 20.6 Å². The highest BCUT2D eigenvalue weighted by molar-refractivity contribution is 6.02. The van der Waals surface area contributed by atoms with Crippen molar-refractivity contribution in [3.05, 3.63) is 54.1 Å². The minimum absolute atomic E-state index is 0.0177. The number of H-pyrrole nitrogens is 1. The van der Waals surface area contributed by atoms with Crippen molar-refractivity contribution in [3.63, 3.8) is 0 Å². The van der Waals surface area contributed by atoms with E-state index in [4.69, 9.17) is 10.5 Å². The number of rotatable bonds is 18. The van der Waals surface area contributed by atoms with Gasteiger partial charge in [-0.2, -0.15) is 0 Å². The number of carboxylic acid groups (broad SMARTS) is 3. The standard InChI is InChI=1S/C29H38N6O11/c1-16(2)10-19(30)25(40)33-20(8-9-23(36)37)26(41)34-21(11-18-13-31-15-32-18)27(42)35(22(28(43)44)12-24(38)39)29(45)46-14-17-6-4-3-5-7-17/h3-7,13,15-16,19-22H,8-12,14,30H2,1-2H3,(H,31,32)(H,33,40)(H,34,41)(H,36,37)(H,38,39)(H,43,44). The fourth-order valence-corrected chi connectivity index (χ4v) is 4.30. The van der Waals surface area contributed by atoms with Gasteiger partial charge in [-0.3, -0.25) is 24.0 Å². The number of amides is 4. The molecule has 2 aromatic rings. The number of nitrogens with one attached hydrogen (secondary N) is 3. The largest absolute Gasteiger partial charge is 0.481 e. The lowest BCUT2D eigenvalue weighted by Crippen LogP contribution is -2.60. The van der Waals surface area contributed by atoms with Crippen LogP contribution in [0, 0.1) is 5.92 Å². The third-order valence-corrected chi connectivity index (χ3v) is 6.54. The molecule has 250 valence electrons. The van der Waals surface area contributed by atoms with Crippen molar-refractivity contribution in [1.82, 2.24) is 25.5 Å². The summed E-state index contributed by atoms with van der Waals surface area (Å²) in [5.74, 6) is -7.91. The molecule has 0 aliphatic rings. The lowest BCUT2D eigenvalue weighted by atomic mass is 10.0. The van der Waals surface area contributed by atoms with Gasteiger partial charge in [-0.05, 0) is 24.3 Å². The third kappa shape index (κ3) is 12.0. The highest BCUT2D eigenvalue weighted by Crippen LogP contribution is 2.15. The molecule has 0 aliphatic carbocycles. The van der Waals surface area contributed by atoms with Crippen LogP contribution in [0.25, 0.3) is 0 Å². The summed E-state index contributed by atoms with van der Waals surface area (Å²) in [4.78, 5) is 95.1. The average Bonchev–Trinajstić information content (AvgIpc) is 3.50. The number of carbonyl (C=O) groups excluding carboxylic acids is 4. The van der Waals surface area contributed by atoms with E-state index in [0.29, 0.717) is 5.56 Å². The maximum absolute atomic E-state index is 13.9. The molecule has 0 spiro atoms. The Hall–Kier alpha value is -5.32. The highest BCUT2D eigenvalue weighted by Gasteiger charge is 2.42. The maximum atomic E-state index is 13.9. The Morgan fingerprint density at radius 2 is 1.61 bits per heavy atom. The molecule has 0 radical (unpaired) electrons. The summed E-state index contributed by atoms with van der Waals surface area (Å²) in [5.41, 5.74) is 6.64. The van der Waals surface area contributed by atoms with Crippen molar-refractivity contribution in [2.45, 2.75) is 76.7 Å². The van der Waals surface area contributed by atoms with E-state index in [0.717, 1.165) is 0 Å². The molecule has 46 heavy (non-hydrogen) atoms. The predicted octanol–water partition coefficient (Wildman–Crippen LogP) is 0.253. The van der Waals surface area contributed by atoms with E-state index >= 15 is 0 Å². The normalized spacial score (nSPS) is 13.5. The number of carbonyl (C=O) groups is 7. The minimum Gasteiger partial charge on any atom is -0.481 e. The van der Waals surface area contributed by atoms with E-state index < -0.39 is 98.2 Å². The van der Waals surface area contributed by atoms with Gasteiger partial charge in [0.05, 0.1) is 18.8 Å². The molecule has 1 aromatic carbocycles. The molecule has 8 N–H and O–H groups in total. The van der Waals surface area contributed by atoms with Crippen molar-refractivity contribution in [1.29, 1.82) is 0 Å². The molecule has 0 bridgehead atoms. The molecule has 4 unspecified atom stereocenters. The molecule has 17 nitrogen and oxygen atoms in total. The minimum atomic E-state index is -2.24. The van der Waals surface area contributed by atoms with Gasteiger partial charge in [0.15, 0.2) is 6.04 Å². The predicted molar refractivity (Wildman–Crippen MR) is 158 cm³/mol. The quantitative estimate of drug-likeness (QED) is 0.115. The Labute approximate surface area is 263 Å². The zero-order chi connectivity index (χ0) is 34.4. The molecule has 0 fully saturated rings. The maximum Gasteiger partial charge on any atom is 0.417 e. The van der Waals surface area contributed by atoms with Crippen LogP contribution in [-0.2, 0) is 46.5 Å². The molecule has 4 atom stereocenters. The molecule has 2 rings (SSSR count). The average molecular weight is 647 g/mol. The first-order chi connectivity index (χ1) is 21.7. The van der Waals surface area contributed by atoms with Crippen LogP contribution in [0.1, 0.15) is 50.8 Å². The van der Waals surface area contributed by atoms with Crippen LogP contribution in [0.15, 0.2) is 42.9 Å². The van der Waals surface area contributed by atoms with Crippen molar-refractivity contribution in [2.24, 2.45) is 11.7 Å². The number of imidazole rings is 1. The Bertz CT molecular complexity index is 1370. The number of carboxylic acids is 3. The zero-order valence-electron chi connectivity index (χ0n) is 25.3. The smallest absolute Gasteiger partial charge is 0.417 e. The molecule has 1 heterocycles. The Morgan fingerprint density at radius 1 is 0.957 bits per heavy atom. The number of ether oxygens (including phenoxy) is 1. The number of nitrogens with zero attached hydrogens (tertiary/aromatic N) is 2. The van der Waals surface area contributed by atoms with Crippen molar-refractivity contribution < 1.29 is 53.6 Å². The number of benzene rings is 1. The molecule has 17 heteroatoms. The molecule has 4 amide bonds.